The van der Waals surface area contributed by atoms with E-state index in [1.54, 1.807) is 4.90 Å². The number of ether oxygens (including phenoxy) is 1. The number of hydrogen-bond donors (Lipinski definition) is 1. The molecule has 1 saturated heterocycles. The standard InChI is InChI=1S/C26H34N2O3/c1-19-9-8-12-22(17-19)24(29)27-23(21-10-6-5-7-11-21)18-20-13-15-28(16-14-20)25(30)31-26(2,3)4/h5-12,17,20,23H,13-16,18H2,1-4H3,(H,27,29). The van der Waals surface area contributed by atoms with Crippen LogP contribution in [0, 0.1) is 12.8 Å². The van der Waals surface area contributed by atoms with Crippen molar-refractivity contribution in [1.82, 2.24) is 10.2 Å². The smallest absolute Gasteiger partial charge is 0.410 e. The second-order valence-corrected chi connectivity index (χ2v) is 9.45. The van der Waals surface area contributed by atoms with Crippen LogP contribution >= 0.6 is 0 Å². The van der Waals surface area contributed by atoms with E-state index in [9.17, 15) is 9.59 Å². The molecule has 1 N–H and O–H groups in total. The number of nitrogens with one attached hydrogen (secondary N) is 1. The summed E-state index contributed by atoms with van der Waals surface area (Å²) in [7, 11) is 0. The van der Waals surface area contributed by atoms with Crippen molar-refractivity contribution in [3.63, 3.8) is 0 Å². The van der Waals surface area contributed by atoms with Gasteiger partial charge in [-0.3, -0.25) is 4.79 Å². The molecular weight excluding hydrogens is 388 g/mol. The molecule has 0 saturated carbocycles. The molecule has 31 heavy (non-hydrogen) atoms. The van der Waals surface area contributed by atoms with Gasteiger partial charge in [0.25, 0.3) is 5.91 Å². The third-order valence-electron chi connectivity index (χ3n) is 5.62. The molecule has 3 rings (SSSR count). The highest BCUT2D eigenvalue weighted by Crippen LogP contribution is 2.29. The van der Waals surface area contributed by atoms with Crippen LogP contribution in [0.1, 0.15) is 67.6 Å². The number of carbonyl (C=O) groups excluding carboxylic acids is 2. The van der Waals surface area contributed by atoms with Crippen LogP contribution in [0.15, 0.2) is 54.6 Å². The van der Waals surface area contributed by atoms with Crippen LogP contribution in [-0.4, -0.2) is 35.6 Å². The maximum Gasteiger partial charge on any atom is 0.410 e. The lowest BCUT2D eigenvalue weighted by Crippen LogP contribution is -2.42. The van der Waals surface area contributed by atoms with Crippen molar-refractivity contribution < 1.29 is 14.3 Å². The third-order valence-corrected chi connectivity index (χ3v) is 5.62. The molecule has 2 aromatic carbocycles. The van der Waals surface area contributed by atoms with Crippen molar-refractivity contribution in [2.75, 3.05) is 13.1 Å². The molecule has 0 spiro atoms. The summed E-state index contributed by atoms with van der Waals surface area (Å²) in [6.07, 6.45) is 2.42. The molecule has 1 heterocycles. The Morgan fingerprint density at radius 2 is 1.74 bits per heavy atom. The van der Waals surface area contributed by atoms with E-state index in [4.69, 9.17) is 4.74 Å². The molecule has 5 heteroatoms. The van der Waals surface area contributed by atoms with Crippen molar-refractivity contribution in [3.05, 3.63) is 71.3 Å². The number of likely N-dealkylation sites (tertiary alicyclic amines) is 1. The van der Waals surface area contributed by atoms with Gasteiger partial charge in [0.15, 0.2) is 0 Å². The number of carbonyl (C=O) groups is 2. The first-order valence-corrected chi connectivity index (χ1v) is 11.1. The molecule has 1 unspecified atom stereocenters. The average Bonchev–Trinajstić information content (AvgIpc) is 2.73. The Balaban J connectivity index is 1.64. The first kappa shape index (κ1) is 22.9. The van der Waals surface area contributed by atoms with E-state index < -0.39 is 5.60 Å². The van der Waals surface area contributed by atoms with Crippen LogP contribution in [0.4, 0.5) is 4.79 Å². The largest absolute Gasteiger partial charge is 0.444 e. The third kappa shape index (κ3) is 6.84. The van der Waals surface area contributed by atoms with Gasteiger partial charge < -0.3 is 15.0 Å². The van der Waals surface area contributed by atoms with E-state index in [2.05, 4.69) is 17.4 Å². The molecule has 1 aliphatic heterocycles. The zero-order chi connectivity index (χ0) is 22.4. The van der Waals surface area contributed by atoms with Gasteiger partial charge in [0.05, 0.1) is 6.04 Å². The van der Waals surface area contributed by atoms with Crippen LogP contribution < -0.4 is 5.32 Å². The molecule has 0 bridgehead atoms. The van der Waals surface area contributed by atoms with Crippen LogP contribution in [0.25, 0.3) is 0 Å². The first-order valence-electron chi connectivity index (χ1n) is 11.1. The lowest BCUT2D eigenvalue weighted by Gasteiger charge is -2.35. The van der Waals surface area contributed by atoms with E-state index in [1.807, 2.05) is 70.2 Å². The van der Waals surface area contributed by atoms with Gasteiger partial charge in [0.2, 0.25) is 0 Å². The topological polar surface area (TPSA) is 58.6 Å². The molecule has 166 valence electrons. The minimum atomic E-state index is -0.480. The second-order valence-electron chi connectivity index (χ2n) is 9.45. The Kier molecular flexibility index (Phi) is 7.37. The Labute approximate surface area is 185 Å². The van der Waals surface area contributed by atoms with Gasteiger partial charge in [-0.25, -0.2) is 4.79 Å². The number of benzene rings is 2. The normalized spacial score (nSPS) is 15.9. The molecule has 0 radical (unpaired) electrons. The van der Waals surface area contributed by atoms with Gasteiger partial charge in [-0.15, -0.1) is 0 Å². The molecule has 2 amide bonds. The molecular formula is C26H34N2O3. The minimum Gasteiger partial charge on any atom is -0.444 e. The van der Waals surface area contributed by atoms with Gasteiger partial charge in [-0.1, -0.05) is 48.0 Å². The monoisotopic (exact) mass is 422 g/mol. The van der Waals surface area contributed by atoms with E-state index in [0.29, 0.717) is 24.6 Å². The average molecular weight is 423 g/mol. The number of nitrogens with zero attached hydrogens (tertiary/aromatic N) is 1. The fourth-order valence-electron chi connectivity index (χ4n) is 4.00. The molecule has 0 aliphatic carbocycles. The fraction of sp³-hybridized carbons (Fsp3) is 0.462. The zero-order valence-electron chi connectivity index (χ0n) is 19.1. The summed E-state index contributed by atoms with van der Waals surface area (Å²) in [6.45, 7) is 9.03. The highest BCUT2D eigenvalue weighted by molar-refractivity contribution is 5.94. The minimum absolute atomic E-state index is 0.0521. The summed E-state index contributed by atoms with van der Waals surface area (Å²) in [5.41, 5.74) is 2.38. The van der Waals surface area contributed by atoms with Crippen molar-refractivity contribution in [2.45, 2.75) is 58.6 Å². The summed E-state index contributed by atoms with van der Waals surface area (Å²) < 4.78 is 5.50. The summed E-state index contributed by atoms with van der Waals surface area (Å²) in [5.74, 6) is 0.380. The van der Waals surface area contributed by atoms with E-state index in [-0.39, 0.29) is 18.0 Å². The van der Waals surface area contributed by atoms with Gasteiger partial charge in [0.1, 0.15) is 5.60 Å². The van der Waals surface area contributed by atoms with Gasteiger partial charge in [0, 0.05) is 18.7 Å². The highest BCUT2D eigenvalue weighted by Gasteiger charge is 2.29. The van der Waals surface area contributed by atoms with E-state index in [1.165, 1.54) is 0 Å². The van der Waals surface area contributed by atoms with E-state index in [0.717, 1.165) is 30.4 Å². The maximum atomic E-state index is 12.9. The lowest BCUT2D eigenvalue weighted by molar-refractivity contribution is 0.0178. The Morgan fingerprint density at radius 3 is 2.35 bits per heavy atom. The lowest BCUT2D eigenvalue weighted by atomic mass is 9.87. The first-order chi connectivity index (χ1) is 14.7. The summed E-state index contributed by atoms with van der Waals surface area (Å²) >= 11 is 0. The van der Waals surface area contributed by atoms with Crippen LogP contribution in [0.5, 0.6) is 0 Å². The van der Waals surface area contributed by atoms with Gasteiger partial charge >= 0.3 is 6.09 Å². The molecule has 5 nitrogen and oxygen atoms in total. The Hall–Kier alpha value is -2.82. The van der Waals surface area contributed by atoms with Gasteiger partial charge in [-0.2, -0.15) is 0 Å². The number of piperidine rings is 1. The molecule has 1 fully saturated rings. The molecule has 0 aromatic heterocycles. The summed E-state index contributed by atoms with van der Waals surface area (Å²) in [5, 5.41) is 3.24. The van der Waals surface area contributed by atoms with Crippen molar-refractivity contribution in [3.8, 4) is 0 Å². The SMILES string of the molecule is Cc1cccc(C(=O)NC(CC2CCN(C(=O)OC(C)(C)C)CC2)c2ccccc2)c1. The Morgan fingerprint density at radius 1 is 1.06 bits per heavy atom. The highest BCUT2D eigenvalue weighted by atomic mass is 16.6. The molecule has 1 aliphatic rings. The number of rotatable bonds is 5. The summed E-state index contributed by atoms with van der Waals surface area (Å²) in [6, 6.07) is 17.7. The van der Waals surface area contributed by atoms with Gasteiger partial charge in [-0.05, 0) is 70.6 Å². The van der Waals surface area contributed by atoms with E-state index >= 15 is 0 Å². The van der Waals surface area contributed by atoms with Crippen molar-refractivity contribution >= 4 is 12.0 Å². The second kappa shape index (κ2) is 9.99. The van der Waals surface area contributed by atoms with Crippen molar-refractivity contribution in [1.29, 1.82) is 0 Å². The fourth-order valence-corrected chi connectivity index (χ4v) is 4.00. The van der Waals surface area contributed by atoms with Crippen LogP contribution in [-0.2, 0) is 4.74 Å². The number of hydrogen-bond acceptors (Lipinski definition) is 3. The molecule has 2 aromatic rings. The van der Waals surface area contributed by atoms with Crippen LogP contribution in [0.3, 0.4) is 0 Å². The maximum absolute atomic E-state index is 12.9. The number of amides is 2. The predicted molar refractivity (Wildman–Crippen MR) is 123 cm³/mol. The van der Waals surface area contributed by atoms with Crippen LogP contribution in [0.2, 0.25) is 0 Å². The Bertz CT molecular complexity index is 881. The zero-order valence-corrected chi connectivity index (χ0v) is 19.1. The predicted octanol–water partition coefficient (Wildman–Crippen LogP) is 5.50. The quantitative estimate of drug-likeness (QED) is 0.692. The summed E-state index contributed by atoms with van der Waals surface area (Å²) in [4.78, 5) is 27.1. The van der Waals surface area contributed by atoms with Crippen molar-refractivity contribution in [2.24, 2.45) is 5.92 Å². The molecule has 1 atom stereocenters. The number of aryl methyl sites for hydroxylation is 1.